The second-order valence-electron chi connectivity index (χ2n) is 6.20. The van der Waals surface area contributed by atoms with Crippen molar-refractivity contribution < 1.29 is 4.42 Å². The average Bonchev–Trinajstić information content (AvgIpc) is 3.06. The van der Waals surface area contributed by atoms with Crippen molar-refractivity contribution in [1.82, 2.24) is 0 Å². The number of furan rings is 1. The van der Waals surface area contributed by atoms with Gasteiger partial charge in [-0.3, -0.25) is 0 Å². The second kappa shape index (κ2) is 7.71. The van der Waals surface area contributed by atoms with Gasteiger partial charge >= 0.3 is 0 Å². The monoisotopic (exact) mass is 336 g/mol. The lowest BCUT2D eigenvalue weighted by Crippen LogP contribution is -1.82. The van der Waals surface area contributed by atoms with Crippen LogP contribution in [0.25, 0.3) is 29.2 Å². The highest BCUT2D eigenvalue weighted by molar-refractivity contribution is 5.86. The summed E-state index contributed by atoms with van der Waals surface area (Å²) in [4.78, 5) is 0. The molecule has 4 rings (SSSR count). The van der Waals surface area contributed by atoms with Crippen molar-refractivity contribution in [3.05, 3.63) is 113 Å². The van der Waals surface area contributed by atoms with Crippen LogP contribution in [0.15, 0.2) is 95.4 Å². The van der Waals surface area contributed by atoms with Crippen molar-refractivity contribution in [3.8, 4) is 0 Å². The summed E-state index contributed by atoms with van der Waals surface area (Å²) < 4.78 is 6.10. The first-order valence-corrected chi connectivity index (χ1v) is 8.85. The Morgan fingerprint density at radius 3 is 1.96 bits per heavy atom. The SMILES string of the molecule is C(=C\c1ccccc1)/Cc1c(/C=C/c2ccccc2)oc2ccccc12. The van der Waals surface area contributed by atoms with Crippen LogP contribution in [-0.4, -0.2) is 0 Å². The number of benzene rings is 3. The molecule has 0 spiro atoms. The Morgan fingerprint density at radius 1 is 0.615 bits per heavy atom. The molecule has 0 saturated heterocycles. The van der Waals surface area contributed by atoms with Crippen LogP contribution in [0, 0.1) is 0 Å². The second-order valence-corrected chi connectivity index (χ2v) is 6.20. The fourth-order valence-electron chi connectivity index (χ4n) is 3.08. The Hall–Kier alpha value is -3.32. The third kappa shape index (κ3) is 3.68. The summed E-state index contributed by atoms with van der Waals surface area (Å²) >= 11 is 0. The number of hydrogen-bond donors (Lipinski definition) is 0. The molecule has 126 valence electrons. The molecule has 0 bridgehead atoms. The molecule has 0 atom stereocenters. The zero-order valence-corrected chi connectivity index (χ0v) is 14.5. The van der Waals surface area contributed by atoms with E-state index in [1.165, 1.54) is 22.1 Å². The third-order valence-corrected chi connectivity index (χ3v) is 4.39. The normalized spacial score (nSPS) is 11.7. The van der Waals surface area contributed by atoms with Gasteiger partial charge in [-0.2, -0.15) is 0 Å². The third-order valence-electron chi connectivity index (χ3n) is 4.39. The topological polar surface area (TPSA) is 13.1 Å². The first-order chi connectivity index (χ1) is 12.9. The summed E-state index contributed by atoms with van der Waals surface area (Å²) in [6.07, 6.45) is 9.36. The van der Waals surface area contributed by atoms with E-state index in [9.17, 15) is 0 Å². The van der Waals surface area contributed by atoms with Gasteiger partial charge in [-0.25, -0.2) is 0 Å². The Bertz CT molecular complexity index is 1040. The van der Waals surface area contributed by atoms with Crippen molar-refractivity contribution in [1.29, 1.82) is 0 Å². The standard InChI is InChI=1S/C25H20O/c1-3-10-20(11-4-1)14-9-16-23-22-15-7-8-17-24(22)26-25(23)19-18-21-12-5-2-6-13-21/h1-15,17-19H,16H2/b14-9+,19-18+. The highest BCUT2D eigenvalue weighted by Gasteiger charge is 2.10. The van der Waals surface area contributed by atoms with Gasteiger partial charge < -0.3 is 4.42 Å². The predicted octanol–water partition coefficient (Wildman–Crippen LogP) is 6.86. The van der Waals surface area contributed by atoms with E-state index in [1.54, 1.807) is 0 Å². The molecule has 0 amide bonds. The first kappa shape index (κ1) is 16.2. The van der Waals surface area contributed by atoms with E-state index in [0.29, 0.717) is 0 Å². The van der Waals surface area contributed by atoms with Crippen LogP contribution in [0.1, 0.15) is 22.5 Å². The lowest BCUT2D eigenvalue weighted by Gasteiger charge is -1.97. The summed E-state index contributed by atoms with van der Waals surface area (Å²) in [6, 6.07) is 28.9. The largest absolute Gasteiger partial charge is 0.456 e. The number of fused-ring (bicyclic) bond motifs is 1. The van der Waals surface area contributed by atoms with Crippen molar-refractivity contribution in [2.45, 2.75) is 6.42 Å². The van der Waals surface area contributed by atoms with Crippen LogP contribution < -0.4 is 0 Å². The van der Waals surface area contributed by atoms with E-state index in [0.717, 1.165) is 17.8 Å². The van der Waals surface area contributed by atoms with Crippen LogP contribution in [0.2, 0.25) is 0 Å². The minimum Gasteiger partial charge on any atom is -0.456 e. The lowest BCUT2D eigenvalue weighted by molar-refractivity contribution is 0.600. The summed E-state index contributed by atoms with van der Waals surface area (Å²) in [5.41, 5.74) is 4.53. The average molecular weight is 336 g/mol. The quantitative estimate of drug-likeness (QED) is 0.388. The molecular weight excluding hydrogens is 316 g/mol. The lowest BCUT2D eigenvalue weighted by atomic mass is 10.1. The maximum Gasteiger partial charge on any atom is 0.135 e. The fraction of sp³-hybridized carbons (Fsp3) is 0.0400. The molecule has 0 aliphatic rings. The first-order valence-electron chi connectivity index (χ1n) is 8.85. The number of rotatable bonds is 5. The number of para-hydroxylation sites is 1. The van der Waals surface area contributed by atoms with E-state index in [4.69, 9.17) is 4.42 Å². The van der Waals surface area contributed by atoms with E-state index < -0.39 is 0 Å². The Kier molecular flexibility index (Phi) is 4.79. The van der Waals surface area contributed by atoms with Crippen LogP contribution in [0.5, 0.6) is 0 Å². The highest BCUT2D eigenvalue weighted by Crippen LogP contribution is 2.28. The zero-order chi connectivity index (χ0) is 17.6. The molecule has 0 aliphatic heterocycles. The van der Waals surface area contributed by atoms with Crippen LogP contribution in [0.4, 0.5) is 0 Å². The maximum atomic E-state index is 6.10. The molecule has 3 aromatic carbocycles. The van der Waals surface area contributed by atoms with Gasteiger partial charge in [0, 0.05) is 10.9 Å². The van der Waals surface area contributed by atoms with E-state index in [-0.39, 0.29) is 0 Å². The van der Waals surface area contributed by atoms with Gasteiger partial charge in [0.2, 0.25) is 0 Å². The van der Waals surface area contributed by atoms with Gasteiger partial charge in [-0.15, -0.1) is 0 Å². The Labute approximate surface area is 153 Å². The summed E-state index contributed by atoms with van der Waals surface area (Å²) in [5.74, 6) is 0.924. The molecule has 1 nitrogen and oxygen atoms in total. The van der Waals surface area contributed by atoms with E-state index in [2.05, 4.69) is 72.8 Å². The highest BCUT2D eigenvalue weighted by atomic mass is 16.3. The molecule has 1 aromatic heterocycles. The number of hydrogen-bond acceptors (Lipinski definition) is 1. The smallest absolute Gasteiger partial charge is 0.135 e. The molecule has 4 aromatic rings. The fourth-order valence-corrected chi connectivity index (χ4v) is 3.08. The number of allylic oxidation sites excluding steroid dienone is 1. The van der Waals surface area contributed by atoms with Gasteiger partial charge in [0.1, 0.15) is 11.3 Å². The van der Waals surface area contributed by atoms with E-state index >= 15 is 0 Å². The Balaban J connectivity index is 1.65. The maximum absolute atomic E-state index is 6.10. The minimum absolute atomic E-state index is 0.834. The molecule has 0 N–H and O–H groups in total. The van der Waals surface area contributed by atoms with Gasteiger partial charge in [-0.05, 0) is 29.7 Å². The van der Waals surface area contributed by atoms with Crippen LogP contribution >= 0.6 is 0 Å². The predicted molar refractivity (Wildman–Crippen MR) is 111 cm³/mol. The van der Waals surface area contributed by atoms with Gasteiger partial charge in [0.25, 0.3) is 0 Å². The van der Waals surface area contributed by atoms with Crippen LogP contribution in [0.3, 0.4) is 0 Å². The van der Waals surface area contributed by atoms with Crippen molar-refractivity contribution in [2.24, 2.45) is 0 Å². The molecule has 26 heavy (non-hydrogen) atoms. The van der Waals surface area contributed by atoms with Crippen molar-refractivity contribution in [2.75, 3.05) is 0 Å². The molecule has 0 unspecified atom stereocenters. The summed E-state index contributed by atoms with van der Waals surface area (Å²) in [6.45, 7) is 0. The molecular formula is C25H20O. The molecule has 0 radical (unpaired) electrons. The van der Waals surface area contributed by atoms with Crippen molar-refractivity contribution in [3.63, 3.8) is 0 Å². The van der Waals surface area contributed by atoms with E-state index in [1.807, 2.05) is 36.4 Å². The van der Waals surface area contributed by atoms with Crippen molar-refractivity contribution >= 4 is 29.2 Å². The molecule has 0 fully saturated rings. The molecule has 1 heterocycles. The van der Waals surface area contributed by atoms with Gasteiger partial charge in [0.05, 0.1) is 0 Å². The van der Waals surface area contributed by atoms with Gasteiger partial charge in [0.15, 0.2) is 0 Å². The Morgan fingerprint density at radius 2 is 1.23 bits per heavy atom. The summed E-state index contributed by atoms with van der Waals surface area (Å²) in [7, 11) is 0. The zero-order valence-electron chi connectivity index (χ0n) is 14.5. The minimum atomic E-state index is 0.834. The van der Waals surface area contributed by atoms with Crippen LogP contribution in [-0.2, 0) is 6.42 Å². The molecule has 1 heteroatoms. The summed E-state index contributed by atoms with van der Waals surface area (Å²) in [5, 5.41) is 1.18. The molecule has 0 saturated carbocycles. The molecule has 0 aliphatic carbocycles. The van der Waals surface area contributed by atoms with Gasteiger partial charge in [-0.1, -0.05) is 97.1 Å².